The molecule has 1 aromatic heterocycles. The van der Waals surface area contributed by atoms with Gasteiger partial charge >= 0.3 is 0 Å². The number of fused-ring (bicyclic) bond motifs is 1. The van der Waals surface area contributed by atoms with E-state index >= 15 is 0 Å². The third-order valence-corrected chi connectivity index (χ3v) is 5.79. The zero-order valence-electron chi connectivity index (χ0n) is 15.0. The summed E-state index contributed by atoms with van der Waals surface area (Å²) in [7, 11) is 0. The van der Waals surface area contributed by atoms with Crippen LogP contribution in [0.1, 0.15) is 18.4 Å². The number of anilines is 1. The third-order valence-electron chi connectivity index (χ3n) is 5.09. The van der Waals surface area contributed by atoms with E-state index in [1.165, 1.54) is 12.1 Å². The van der Waals surface area contributed by atoms with Crippen molar-refractivity contribution in [3.05, 3.63) is 58.3 Å². The first-order valence-corrected chi connectivity index (χ1v) is 9.81. The molecular weight excluding hydrogens is 416 g/mol. The summed E-state index contributed by atoms with van der Waals surface area (Å²) in [6.07, 6.45) is 3.29. The number of nitrogens with zero attached hydrogens (tertiary/aromatic N) is 1. The van der Waals surface area contributed by atoms with Crippen LogP contribution in [0.25, 0.3) is 11.0 Å². The first-order chi connectivity index (χ1) is 13.0. The Morgan fingerprint density at radius 2 is 1.85 bits per heavy atom. The average molecular weight is 436 g/mol. The highest BCUT2D eigenvalue weighted by Crippen LogP contribution is 2.34. The van der Waals surface area contributed by atoms with Crippen molar-refractivity contribution >= 4 is 32.6 Å². The van der Waals surface area contributed by atoms with E-state index < -0.39 is 11.6 Å². The molecule has 0 atom stereocenters. The minimum absolute atomic E-state index is 0.0881. The number of hydrogen-bond donors (Lipinski definition) is 0. The van der Waals surface area contributed by atoms with Crippen LogP contribution in [-0.4, -0.2) is 19.7 Å². The second-order valence-corrected chi connectivity index (χ2v) is 7.88. The molecule has 0 unspecified atom stereocenters. The van der Waals surface area contributed by atoms with Crippen molar-refractivity contribution in [3.63, 3.8) is 0 Å². The highest BCUT2D eigenvalue weighted by molar-refractivity contribution is 9.10. The van der Waals surface area contributed by atoms with Crippen LogP contribution in [0.15, 0.2) is 45.5 Å². The van der Waals surface area contributed by atoms with Crippen molar-refractivity contribution in [2.75, 3.05) is 24.6 Å². The minimum Gasteiger partial charge on any atom is -0.489 e. The summed E-state index contributed by atoms with van der Waals surface area (Å²) in [5.41, 5.74) is 1.41. The van der Waals surface area contributed by atoms with E-state index in [0.717, 1.165) is 34.0 Å². The monoisotopic (exact) mass is 435 g/mol. The maximum atomic E-state index is 14.2. The van der Waals surface area contributed by atoms with Crippen LogP contribution in [0.4, 0.5) is 14.5 Å². The van der Waals surface area contributed by atoms with Crippen molar-refractivity contribution < 1.29 is 17.9 Å². The van der Waals surface area contributed by atoms with Gasteiger partial charge in [0.25, 0.3) is 0 Å². The first kappa shape index (κ1) is 18.3. The molecule has 3 nitrogen and oxygen atoms in total. The lowest BCUT2D eigenvalue weighted by atomic mass is 9.97. The minimum atomic E-state index is -0.489. The van der Waals surface area contributed by atoms with Gasteiger partial charge in [0.2, 0.25) is 0 Å². The summed E-state index contributed by atoms with van der Waals surface area (Å²) in [6.45, 7) is 3.48. The van der Waals surface area contributed by atoms with E-state index in [1.807, 2.05) is 18.2 Å². The number of furan rings is 1. The number of hydrogen-bond acceptors (Lipinski definition) is 3. The lowest BCUT2D eigenvalue weighted by molar-refractivity contribution is 0.222. The summed E-state index contributed by atoms with van der Waals surface area (Å²) in [4.78, 5) is 1.80. The van der Waals surface area contributed by atoms with Gasteiger partial charge in [-0.3, -0.25) is 0 Å². The molecule has 0 amide bonds. The van der Waals surface area contributed by atoms with Gasteiger partial charge in [-0.2, -0.15) is 0 Å². The summed E-state index contributed by atoms with van der Waals surface area (Å²) in [5, 5.41) is 0.979. The SMILES string of the molecule is Cc1cc(F)c(N2CCC(COc3ccc(Br)c4ccoc34)CC2)c(F)c1. The van der Waals surface area contributed by atoms with Gasteiger partial charge in [0.15, 0.2) is 11.3 Å². The molecule has 0 spiro atoms. The van der Waals surface area contributed by atoms with Crippen molar-refractivity contribution in [2.24, 2.45) is 5.92 Å². The highest BCUT2D eigenvalue weighted by Gasteiger charge is 2.24. The van der Waals surface area contributed by atoms with Crippen molar-refractivity contribution in [3.8, 4) is 5.75 Å². The predicted molar refractivity (Wildman–Crippen MR) is 105 cm³/mol. The molecule has 6 heteroatoms. The fourth-order valence-electron chi connectivity index (χ4n) is 3.64. The average Bonchev–Trinajstić information content (AvgIpc) is 3.12. The molecule has 27 heavy (non-hydrogen) atoms. The van der Waals surface area contributed by atoms with Crippen molar-refractivity contribution in [1.82, 2.24) is 0 Å². The molecule has 1 aliphatic rings. The smallest absolute Gasteiger partial charge is 0.176 e. The van der Waals surface area contributed by atoms with Crippen LogP contribution < -0.4 is 9.64 Å². The Bertz CT molecular complexity index is 941. The zero-order chi connectivity index (χ0) is 19.0. The summed E-state index contributed by atoms with van der Waals surface area (Å²) < 4.78 is 40.9. The van der Waals surface area contributed by atoms with E-state index in [-0.39, 0.29) is 5.69 Å². The molecule has 0 saturated carbocycles. The number of piperidine rings is 1. The Balaban J connectivity index is 1.39. The molecule has 3 aromatic rings. The van der Waals surface area contributed by atoms with E-state index in [0.29, 0.717) is 31.2 Å². The molecule has 0 N–H and O–H groups in total. The topological polar surface area (TPSA) is 25.6 Å². The number of benzene rings is 2. The molecule has 2 heterocycles. The standard InChI is InChI=1S/C21H20BrF2NO2/c1-13-10-17(23)20(18(24)11-13)25-7-4-14(5-8-25)12-27-19-3-2-16(22)15-6-9-26-21(15)19/h2-3,6,9-11,14H,4-5,7-8,12H2,1H3. The van der Waals surface area contributed by atoms with Crippen LogP contribution in [0.3, 0.4) is 0 Å². The maximum Gasteiger partial charge on any atom is 0.176 e. The summed E-state index contributed by atoms with van der Waals surface area (Å²) in [6, 6.07) is 8.50. The second-order valence-electron chi connectivity index (χ2n) is 7.03. The molecule has 1 saturated heterocycles. The quantitative estimate of drug-likeness (QED) is 0.496. The molecule has 2 aromatic carbocycles. The van der Waals surface area contributed by atoms with Gasteiger partial charge in [-0.05, 0) is 61.6 Å². The summed E-state index contributed by atoms with van der Waals surface area (Å²) >= 11 is 3.50. The van der Waals surface area contributed by atoms with E-state index in [2.05, 4.69) is 15.9 Å². The first-order valence-electron chi connectivity index (χ1n) is 9.02. The highest BCUT2D eigenvalue weighted by atomic mass is 79.9. The Hall–Kier alpha value is -2.08. The number of rotatable bonds is 4. The molecule has 0 aliphatic carbocycles. The van der Waals surface area contributed by atoms with Gasteiger partial charge in [-0.15, -0.1) is 0 Å². The van der Waals surface area contributed by atoms with Crippen molar-refractivity contribution in [1.29, 1.82) is 0 Å². The van der Waals surface area contributed by atoms with Gasteiger partial charge in [-0.25, -0.2) is 8.78 Å². The molecule has 4 rings (SSSR count). The van der Waals surface area contributed by atoms with Crippen molar-refractivity contribution in [2.45, 2.75) is 19.8 Å². The Labute approximate surface area is 165 Å². The third kappa shape index (κ3) is 3.68. The second kappa shape index (κ2) is 7.50. The fourth-order valence-corrected chi connectivity index (χ4v) is 4.09. The maximum absolute atomic E-state index is 14.2. The number of halogens is 3. The zero-order valence-corrected chi connectivity index (χ0v) is 16.6. The van der Waals surface area contributed by atoms with E-state index in [1.54, 1.807) is 18.1 Å². The lowest BCUT2D eigenvalue weighted by Gasteiger charge is -2.33. The molecule has 1 fully saturated rings. The van der Waals surface area contributed by atoms with Gasteiger partial charge in [0.05, 0.1) is 12.9 Å². The Morgan fingerprint density at radius 1 is 1.15 bits per heavy atom. The van der Waals surface area contributed by atoms with Crippen LogP contribution in [0.5, 0.6) is 5.75 Å². The van der Waals surface area contributed by atoms with E-state index in [4.69, 9.17) is 9.15 Å². The molecule has 1 aliphatic heterocycles. The molecule has 142 valence electrons. The van der Waals surface area contributed by atoms with Gasteiger partial charge in [0.1, 0.15) is 17.3 Å². The Morgan fingerprint density at radius 3 is 2.56 bits per heavy atom. The molecule has 0 bridgehead atoms. The summed E-state index contributed by atoms with van der Waals surface area (Å²) in [5.74, 6) is 0.0808. The number of aryl methyl sites for hydroxylation is 1. The van der Waals surface area contributed by atoms with Crippen LogP contribution in [-0.2, 0) is 0 Å². The van der Waals surface area contributed by atoms with Gasteiger partial charge in [0, 0.05) is 22.9 Å². The predicted octanol–water partition coefficient (Wildman–Crippen LogP) is 6.08. The van der Waals surface area contributed by atoms with Gasteiger partial charge in [-0.1, -0.05) is 15.9 Å². The molecular formula is C21H20BrF2NO2. The largest absolute Gasteiger partial charge is 0.489 e. The lowest BCUT2D eigenvalue weighted by Crippen LogP contribution is -2.36. The van der Waals surface area contributed by atoms with Crippen LogP contribution >= 0.6 is 15.9 Å². The van der Waals surface area contributed by atoms with Gasteiger partial charge < -0.3 is 14.1 Å². The molecule has 0 radical (unpaired) electrons. The van der Waals surface area contributed by atoms with E-state index in [9.17, 15) is 8.78 Å². The fraction of sp³-hybridized carbons (Fsp3) is 0.333. The Kier molecular flexibility index (Phi) is 5.08. The van der Waals surface area contributed by atoms with Crippen LogP contribution in [0.2, 0.25) is 0 Å². The number of ether oxygens (including phenoxy) is 1. The normalized spacial score (nSPS) is 15.5. The van der Waals surface area contributed by atoms with Crippen LogP contribution in [0, 0.1) is 24.5 Å².